The second-order valence-electron chi connectivity index (χ2n) is 4.83. The molecule has 0 spiro atoms. The molecule has 108 valence electrons. The van der Waals surface area contributed by atoms with Crippen LogP contribution in [0.25, 0.3) is 0 Å². The van der Waals surface area contributed by atoms with Gasteiger partial charge in [0.1, 0.15) is 5.41 Å². The number of carbonyl (C=O) groups excluding carboxylic acids is 3. The maximum atomic E-state index is 12.2. The van der Waals surface area contributed by atoms with Crippen LogP contribution >= 0.6 is 11.8 Å². The van der Waals surface area contributed by atoms with Crippen molar-refractivity contribution in [1.29, 1.82) is 0 Å². The predicted octanol–water partition coefficient (Wildman–Crippen LogP) is 2.06. The summed E-state index contributed by atoms with van der Waals surface area (Å²) >= 11 is 1.62. The summed E-state index contributed by atoms with van der Waals surface area (Å²) in [5, 5.41) is 4.32. The third-order valence-electron chi connectivity index (χ3n) is 3.47. The summed E-state index contributed by atoms with van der Waals surface area (Å²) < 4.78 is 0. The van der Waals surface area contributed by atoms with Crippen LogP contribution in [0.15, 0.2) is 0 Å². The third kappa shape index (κ3) is 3.29. The molecule has 1 unspecified atom stereocenters. The largest absolute Gasteiger partial charge is 0.328 e. The Labute approximate surface area is 118 Å². The van der Waals surface area contributed by atoms with Crippen LogP contribution < -0.4 is 10.6 Å². The fraction of sp³-hybridized carbons (Fsp3) is 0.769. The number of hydrogen-bond donors (Lipinski definition) is 2. The molecule has 1 atom stereocenters. The van der Waals surface area contributed by atoms with E-state index in [9.17, 15) is 14.4 Å². The van der Waals surface area contributed by atoms with Crippen molar-refractivity contribution in [2.75, 3.05) is 5.75 Å². The maximum Gasteiger partial charge on any atom is 0.328 e. The summed E-state index contributed by atoms with van der Waals surface area (Å²) in [5.41, 5.74) is -1.12. The Morgan fingerprint density at radius 1 is 1.11 bits per heavy atom. The van der Waals surface area contributed by atoms with Crippen molar-refractivity contribution in [3.8, 4) is 0 Å². The average Bonchev–Trinajstić information content (AvgIpc) is 2.34. The number of hydrogen-bond acceptors (Lipinski definition) is 4. The van der Waals surface area contributed by atoms with Gasteiger partial charge in [-0.3, -0.25) is 20.2 Å². The van der Waals surface area contributed by atoms with E-state index in [1.54, 1.807) is 11.8 Å². The van der Waals surface area contributed by atoms with E-state index in [0.717, 1.165) is 18.6 Å². The molecule has 1 fully saturated rings. The Kier molecular flexibility index (Phi) is 5.85. The summed E-state index contributed by atoms with van der Waals surface area (Å²) in [5.74, 6) is -0.00309. The first-order valence-electron chi connectivity index (χ1n) is 6.77. The molecule has 0 aliphatic carbocycles. The molecule has 1 rings (SSSR count). The molecule has 0 saturated carbocycles. The minimum Gasteiger partial charge on any atom is -0.277 e. The lowest BCUT2D eigenvalue weighted by Crippen LogP contribution is -2.65. The van der Waals surface area contributed by atoms with E-state index in [2.05, 4.69) is 17.6 Å². The lowest BCUT2D eigenvalue weighted by Gasteiger charge is -2.38. The highest BCUT2D eigenvalue weighted by Gasteiger charge is 2.53. The van der Waals surface area contributed by atoms with Crippen LogP contribution in [0.4, 0.5) is 4.79 Å². The number of carbonyl (C=O) groups is 3. The SMILES string of the molecule is CCCCSC(C)C1(CCC)C(=O)NC(=O)NC1=O. The standard InChI is InChI=1S/C13H22N2O3S/c1-4-6-8-19-9(3)13(7-5-2)10(16)14-12(18)15-11(13)17/h9H,4-8H2,1-3H3,(H2,14,15,16,17,18). The number of thioether (sulfide) groups is 1. The number of barbiturate groups is 1. The van der Waals surface area contributed by atoms with E-state index < -0.39 is 23.3 Å². The molecule has 1 heterocycles. The first kappa shape index (κ1) is 16.0. The van der Waals surface area contributed by atoms with Crippen molar-refractivity contribution in [3.05, 3.63) is 0 Å². The highest BCUT2D eigenvalue weighted by atomic mass is 32.2. The highest BCUT2D eigenvalue weighted by Crippen LogP contribution is 2.38. The summed E-state index contributed by atoms with van der Waals surface area (Å²) in [6.07, 6.45) is 3.31. The van der Waals surface area contributed by atoms with Crippen molar-refractivity contribution in [3.63, 3.8) is 0 Å². The van der Waals surface area contributed by atoms with Gasteiger partial charge in [-0.2, -0.15) is 11.8 Å². The Morgan fingerprint density at radius 3 is 2.16 bits per heavy atom. The summed E-state index contributed by atoms with van der Waals surface area (Å²) in [6, 6.07) is -0.715. The summed E-state index contributed by atoms with van der Waals surface area (Å²) in [6.45, 7) is 5.93. The number of rotatable bonds is 7. The second-order valence-corrected chi connectivity index (χ2v) is 6.27. The predicted molar refractivity (Wildman–Crippen MR) is 75.9 cm³/mol. The van der Waals surface area contributed by atoms with E-state index in [4.69, 9.17) is 0 Å². The van der Waals surface area contributed by atoms with Gasteiger partial charge in [-0.15, -0.1) is 0 Å². The summed E-state index contributed by atoms with van der Waals surface area (Å²) in [4.78, 5) is 35.6. The molecule has 0 radical (unpaired) electrons. The van der Waals surface area contributed by atoms with E-state index >= 15 is 0 Å². The van der Waals surface area contributed by atoms with Gasteiger partial charge in [0.25, 0.3) is 0 Å². The smallest absolute Gasteiger partial charge is 0.277 e. The highest BCUT2D eigenvalue weighted by molar-refractivity contribution is 7.99. The quantitative estimate of drug-likeness (QED) is 0.555. The zero-order valence-corrected chi connectivity index (χ0v) is 12.6. The lowest BCUT2D eigenvalue weighted by molar-refractivity contribution is -0.144. The number of urea groups is 1. The van der Waals surface area contributed by atoms with Gasteiger partial charge in [-0.25, -0.2) is 4.79 Å². The van der Waals surface area contributed by atoms with Crippen molar-refractivity contribution in [2.24, 2.45) is 5.41 Å². The fourth-order valence-electron chi connectivity index (χ4n) is 2.30. The molecule has 1 aliphatic rings. The van der Waals surface area contributed by atoms with Gasteiger partial charge < -0.3 is 0 Å². The van der Waals surface area contributed by atoms with Crippen molar-refractivity contribution in [1.82, 2.24) is 10.6 Å². The van der Waals surface area contributed by atoms with Crippen LogP contribution in [0.2, 0.25) is 0 Å². The number of amides is 4. The molecule has 0 aromatic heterocycles. The normalized spacial score (nSPS) is 19.8. The average molecular weight is 286 g/mol. The van der Waals surface area contributed by atoms with E-state index in [0.29, 0.717) is 12.8 Å². The van der Waals surface area contributed by atoms with Crippen LogP contribution in [0.1, 0.15) is 46.5 Å². The molecule has 19 heavy (non-hydrogen) atoms. The first-order valence-corrected chi connectivity index (χ1v) is 7.82. The zero-order chi connectivity index (χ0) is 14.5. The number of nitrogens with one attached hydrogen (secondary N) is 2. The van der Waals surface area contributed by atoms with Gasteiger partial charge in [0, 0.05) is 5.25 Å². The van der Waals surface area contributed by atoms with Crippen LogP contribution in [-0.4, -0.2) is 28.8 Å². The van der Waals surface area contributed by atoms with Gasteiger partial charge in [-0.1, -0.05) is 33.6 Å². The lowest BCUT2D eigenvalue weighted by atomic mass is 9.77. The molecular weight excluding hydrogens is 264 g/mol. The second kappa shape index (κ2) is 6.93. The van der Waals surface area contributed by atoms with Gasteiger partial charge in [-0.05, 0) is 18.6 Å². The fourth-order valence-corrected chi connectivity index (χ4v) is 3.73. The molecule has 4 amide bonds. The molecule has 2 N–H and O–H groups in total. The monoisotopic (exact) mass is 286 g/mol. The molecule has 1 aliphatic heterocycles. The zero-order valence-electron chi connectivity index (χ0n) is 11.7. The minimum atomic E-state index is -1.12. The molecule has 6 heteroatoms. The van der Waals surface area contributed by atoms with Gasteiger partial charge >= 0.3 is 6.03 Å². The van der Waals surface area contributed by atoms with Crippen LogP contribution in [0.3, 0.4) is 0 Å². The number of unbranched alkanes of at least 4 members (excludes halogenated alkanes) is 1. The van der Waals surface area contributed by atoms with Gasteiger partial charge in [0.15, 0.2) is 0 Å². The topological polar surface area (TPSA) is 75.3 Å². The van der Waals surface area contributed by atoms with Crippen molar-refractivity contribution >= 4 is 29.6 Å². The van der Waals surface area contributed by atoms with Crippen LogP contribution in [0.5, 0.6) is 0 Å². The molecule has 0 aromatic carbocycles. The van der Waals surface area contributed by atoms with Gasteiger partial charge in [0.2, 0.25) is 11.8 Å². The van der Waals surface area contributed by atoms with Crippen LogP contribution in [-0.2, 0) is 9.59 Å². The molecule has 0 aromatic rings. The molecular formula is C13H22N2O3S. The Morgan fingerprint density at radius 2 is 1.68 bits per heavy atom. The first-order chi connectivity index (χ1) is 8.98. The molecule has 5 nitrogen and oxygen atoms in total. The summed E-state index contributed by atoms with van der Waals surface area (Å²) in [7, 11) is 0. The van der Waals surface area contributed by atoms with Gasteiger partial charge in [0.05, 0.1) is 0 Å². The Balaban J connectivity index is 2.91. The van der Waals surface area contributed by atoms with E-state index in [1.807, 2.05) is 13.8 Å². The van der Waals surface area contributed by atoms with Crippen molar-refractivity contribution in [2.45, 2.75) is 51.7 Å². The van der Waals surface area contributed by atoms with E-state index in [-0.39, 0.29) is 5.25 Å². The number of imide groups is 2. The Bertz CT molecular complexity index is 351. The Hall–Kier alpha value is -1.04. The van der Waals surface area contributed by atoms with E-state index in [1.165, 1.54) is 0 Å². The molecule has 0 bridgehead atoms. The molecule has 1 saturated heterocycles. The van der Waals surface area contributed by atoms with Crippen molar-refractivity contribution < 1.29 is 14.4 Å². The van der Waals surface area contributed by atoms with Crippen LogP contribution in [0, 0.1) is 5.41 Å². The third-order valence-corrected chi connectivity index (χ3v) is 4.90. The maximum absolute atomic E-state index is 12.2. The minimum absolute atomic E-state index is 0.146.